The van der Waals surface area contributed by atoms with E-state index in [9.17, 15) is 19.1 Å². The molecular weight excluding hydrogens is 315 g/mol. The number of ketones is 2. The van der Waals surface area contributed by atoms with Crippen molar-refractivity contribution in [3.8, 4) is 17.2 Å². The normalized spacial score (nSPS) is 12.7. The molecule has 3 rings (SSSR count). The Labute approximate surface area is 137 Å². The van der Waals surface area contributed by atoms with Crippen molar-refractivity contribution in [3.05, 3.63) is 53.3 Å². The van der Waals surface area contributed by atoms with Gasteiger partial charge in [0.05, 0.1) is 5.56 Å². The van der Waals surface area contributed by atoms with Gasteiger partial charge in [0.1, 0.15) is 19.0 Å². The van der Waals surface area contributed by atoms with Gasteiger partial charge in [-0.1, -0.05) is 12.1 Å². The molecule has 0 spiro atoms. The van der Waals surface area contributed by atoms with E-state index in [4.69, 9.17) is 9.47 Å². The topological polar surface area (TPSA) is 72.8 Å². The number of Topliss-reactive ketones (excluding diaryl/α,β-unsaturated/α-hetero) is 2. The Bertz CT molecular complexity index is 800. The van der Waals surface area contributed by atoms with Gasteiger partial charge in [0.2, 0.25) is 5.75 Å². The average Bonchev–Trinajstić information content (AvgIpc) is 2.59. The van der Waals surface area contributed by atoms with Crippen LogP contribution in [-0.4, -0.2) is 29.9 Å². The highest BCUT2D eigenvalue weighted by atomic mass is 19.1. The van der Waals surface area contributed by atoms with Gasteiger partial charge in [-0.05, 0) is 24.3 Å². The molecule has 0 atom stereocenters. The highest BCUT2D eigenvalue weighted by Crippen LogP contribution is 2.39. The van der Waals surface area contributed by atoms with Crippen LogP contribution < -0.4 is 9.47 Å². The molecule has 24 heavy (non-hydrogen) atoms. The molecule has 0 aromatic heterocycles. The van der Waals surface area contributed by atoms with Gasteiger partial charge in [0.25, 0.3) is 0 Å². The van der Waals surface area contributed by atoms with Crippen LogP contribution >= 0.6 is 0 Å². The Hall–Kier alpha value is -2.89. The SMILES string of the molecule is O=C(CCC(=O)c1ccccc1F)c1cc(O)c2c(c1)OCCO2. The summed E-state index contributed by atoms with van der Waals surface area (Å²) < 4.78 is 24.2. The van der Waals surface area contributed by atoms with E-state index in [1.807, 2.05) is 0 Å². The number of phenols is 1. The summed E-state index contributed by atoms with van der Waals surface area (Å²) in [4.78, 5) is 24.3. The second kappa shape index (κ2) is 6.70. The molecule has 2 aromatic rings. The molecule has 0 amide bonds. The van der Waals surface area contributed by atoms with Crippen LogP contribution in [0.2, 0.25) is 0 Å². The number of ether oxygens (including phenoxy) is 2. The standard InChI is InChI=1S/C18H15FO5/c19-13-4-2-1-3-12(13)15(21)6-5-14(20)11-9-16(22)18-17(10-11)23-7-8-24-18/h1-4,9-10,22H,5-8H2. The van der Waals surface area contributed by atoms with Gasteiger partial charge in [0, 0.05) is 18.4 Å². The van der Waals surface area contributed by atoms with Gasteiger partial charge < -0.3 is 14.6 Å². The molecule has 0 unspecified atom stereocenters. The molecule has 1 heterocycles. The summed E-state index contributed by atoms with van der Waals surface area (Å²) in [6.07, 6.45) is -0.207. The van der Waals surface area contributed by atoms with Crippen LogP contribution in [0.5, 0.6) is 17.2 Å². The summed E-state index contributed by atoms with van der Waals surface area (Å²) in [5.74, 6) is -1.07. The van der Waals surface area contributed by atoms with Crippen LogP contribution in [0.15, 0.2) is 36.4 Å². The molecule has 0 saturated carbocycles. The predicted octanol–water partition coefficient (Wildman–Crippen LogP) is 3.15. The number of carbonyl (C=O) groups is 2. The number of aromatic hydroxyl groups is 1. The minimum Gasteiger partial charge on any atom is -0.504 e. The van der Waals surface area contributed by atoms with Gasteiger partial charge in [-0.15, -0.1) is 0 Å². The Balaban J connectivity index is 1.70. The van der Waals surface area contributed by atoms with E-state index in [-0.39, 0.29) is 41.3 Å². The predicted molar refractivity (Wildman–Crippen MR) is 83.4 cm³/mol. The number of fused-ring (bicyclic) bond motifs is 1. The van der Waals surface area contributed by atoms with Gasteiger partial charge in [-0.2, -0.15) is 0 Å². The van der Waals surface area contributed by atoms with Crippen LogP contribution in [0.4, 0.5) is 4.39 Å². The van der Waals surface area contributed by atoms with Crippen LogP contribution in [0.1, 0.15) is 33.6 Å². The summed E-state index contributed by atoms with van der Waals surface area (Å²) in [6, 6.07) is 8.41. The lowest BCUT2D eigenvalue weighted by Gasteiger charge is -2.19. The molecule has 2 aromatic carbocycles. The van der Waals surface area contributed by atoms with E-state index >= 15 is 0 Å². The molecule has 1 aliphatic rings. The van der Waals surface area contributed by atoms with Crippen LogP contribution in [0, 0.1) is 5.82 Å². The molecule has 0 saturated heterocycles. The van der Waals surface area contributed by atoms with E-state index in [2.05, 4.69) is 0 Å². The molecule has 0 aliphatic carbocycles. The highest BCUT2D eigenvalue weighted by Gasteiger charge is 2.20. The lowest BCUT2D eigenvalue weighted by molar-refractivity contribution is 0.0914. The van der Waals surface area contributed by atoms with Crippen molar-refractivity contribution in [1.82, 2.24) is 0 Å². The maximum Gasteiger partial charge on any atom is 0.203 e. The van der Waals surface area contributed by atoms with Gasteiger partial charge >= 0.3 is 0 Å². The molecule has 1 N–H and O–H groups in total. The number of hydrogen-bond acceptors (Lipinski definition) is 5. The zero-order valence-corrected chi connectivity index (χ0v) is 12.8. The van der Waals surface area contributed by atoms with Crippen LogP contribution in [-0.2, 0) is 0 Å². The smallest absolute Gasteiger partial charge is 0.203 e. The number of phenolic OH excluding ortho intramolecular Hbond substituents is 1. The van der Waals surface area contributed by atoms with Crippen LogP contribution in [0.25, 0.3) is 0 Å². The molecule has 0 radical (unpaired) electrons. The summed E-state index contributed by atoms with van der Waals surface area (Å²) in [5, 5.41) is 9.90. The molecule has 0 bridgehead atoms. The molecular formula is C18H15FO5. The lowest BCUT2D eigenvalue weighted by atomic mass is 10.0. The zero-order chi connectivity index (χ0) is 17.1. The first kappa shape index (κ1) is 16.0. The van der Waals surface area contributed by atoms with Crippen molar-refractivity contribution >= 4 is 11.6 Å². The van der Waals surface area contributed by atoms with Crippen molar-refractivity contribution < 1.29 is 28.6 Å². The Kier molecular flexibility index (Phi) is 4.46. The minimum atomic E-state index is -0.605. The second-order valence-electron chi connectivity index (χ2n) is 5.35. The number of rotatable bonds is 5. The van der Waals surface area contributed by atoms with Crippen LogP contribution in [0.3, 0.4) is 0 Å². The van der Waals surface area contributed by atoms with E-state index in [0.717, 1.165) is 0 Å². The fraction of sp³-hybridized carbons (Fsp3) is 0.222. The summed E-state index contributed by atoms with van der Waals surface area (Å²) >= 11 is 0. The van der Waals surface area contributed by atoms with Gasteiger partial charge in [-0.25, -0.2) is 4.39 Å². The third kappa shape index (κ3) is 3.22. The number of hydrogen-bond donors (Lipinski definition) is 1. The van der Waals surface area contributed by atoms with Crippen molar-refractivity contribution in [3.63, 3.8) is 0 Å². The minimum absolute atomic E-state index is 0.0321. The van der Waals surface area contributed by atoms with Crippen molar-refractivity contribution in [1.29, 1.82) is 0 Å². The molecule has 5 nitrogen and oxygen atoms in total. The quantitative estimate of drug-likeness (QED) is 0.853. The highest BCUT2D eigenvalue weighted by molar-refractivity contribution is 6.02. The second-order valence-corrected chi connectivity index (χ2v) is 5.35. The third-order valence-corrected chi connectivity index (χ3v) is 3.70. The monoisotopic (exact) mass is 330 g/mol. The number of halogens is 1. The third-order valence-electron chi connectivity index (χ3n) is 3.70. The van der Waals surface area contributed by atoms with Gasteiger partial charge in [0.15, 0.2) is 23.1 Å². The fourth-order valence-corrected chi connectivity index (χ4v) is 2.49. The molecule has 1 aliphatic heterocycles. The Morgan fingerprint density at radius 3 is 2.54 bits per heavy atom. The zero-order valence-electron chi connectivity index (χ0n) is 12.8. The average molecular weight is 330 g/mol. The number of benzene rings is 2. The lowest BCUT2D eigenvalue weighted by Crippen LogP contribution is -2.16. The molecule has 6 heteroatoms. The first-order chi connectivity index (χ1) is 11.6. The largest absolute Gasteiger partial charge is 0.504 e. The first-order valence-electron chi connectivity index (χ1n) is 7.50. The summed E-state index contributed by atoms with van der Waals surface area (Å²) in [7, 11) is 0. The molecule has 124 valence electrons. The maximum atomic E-state index is 13.6. The number of carbonyl (C=O) groups excluding carboxylic acids is 2. The summed E-state index contributed by atoms with van der Waals surface area (Å²) in [5.41, 5.74) is 0.188. The maximum absolute atomic E-state index is 13.6. The first-order valence-corrected chi connectivity index (χ1v) is 7.50. The Morgan fingerprint density at radius 2 is 1.75 bits per heavy atom. The van der Waals surface area contributed by atoms with Gasteiger partial charge in [-0.3, -0.25) is 9.59 Å². The van der Waals surface area contributed by atoms with Crippen molar-refractivity contribution in [2.45, 2.75) is 12.8 Å². The summed E-state index contributed by atoms with van der Waals surface area (Å²) in [6.45, 7) is 0.654. The van der Waals surface area contributed by atoms with Crippen molar-refractivity contribution in [2.24, 2.45) is 0 Å². The van der Waals surface area contributed by atoms with E-state index in [1.165, 1.54) is 30.3 Å². The fourth-order valence-electron chi connectivity index (χ4n) is 2.49. The Morgan fingerprint density at radius 1 is 1.04 bits per heavy atom. The van der Waals surface area contributed by atoms with E-state index in [0.29, 0.717) is 19.0 Å². The molecule has 0 fully saturated rings. The van der Waals surface area contributed by atoms with E-state index < -0.39 is 11.6 Å². The van der Waals surface area contributed by atoms with Crippen molar-refractivity contribution in [2.75, 3.05) is 13.2 Å². The van der Waals surface area contributed by atoms with E-state index in [1.54, 1.807) is 6.07 Å².